The Morgan fingerprint density at radius 2 is 1.33 bits per heavy atom. The number of carboxylic acids is 1. The number of carbonyl (C=O) groups is 9. The number of alkyl halides is 3. The van der Waals surface area contributed by atoms with Crippen LogP contribution in [0, 0.1) is 5.92 Å². The van der Waals surface area contributed by atoms with E-state index < -0.39 is 355 Å². The number of amides is 8. The number of phenolic OH excluding ortho intramolecular Hbond substituents is 3. The van der Waals surface area contributed by atoms with E-state index in [2.05, 4.69) is 62.9 Å². The average molecular weight is 2090 g/mol. The van der Waals surface area contributed by atoms with Gasteiger partial charge in [0.15, 0.2) is 30.1 Å². The highest BCUT2D eigenvalue weighted by Crippen LogP contribution is 2.51. The zero-order valence-corrected chi connectivity index (χ0v) is 78.3. The number of likely N-dealkylation sites (N-methyl/N-ethyl adjacent to an activating group) is 1. The summed E-state index contributed by atoms with van der Waals surface area (Å²) in [5, 5.41) is 166. The van der Waals surface area contributed by atoms with E-state index in [9.17, 15) is 111 Å². The summed E-state index contributed by atoms with van der Waals surface area (Å²) >= 11 is 14.5. The lowest BCUT2D eigenvalue weighted by Crippen LogP contribution is -2.65. The van der Waals surface area contributed by atoms with E-state index >= 15 is 24.0 Å². The smallest absolute Gasteiger partial charge is 0.507 e. The van der Waals surface area contributed by atoms with E-state index in [1.807, 2.05) is 0 Å². The Labute approximate surface area is 826 Å². The zero-order chi connectivity index (χ0) is 104. The van der Waals surface area contributed by atoms with Gasteiger partial charge in [0.1, 0.15) is 132 Å². The number of benzene rings is 6. The number of hydrogen-bond acceptors (Lipinski definition) is 37. The van der Waals surface area contributed by atoms with Gasteiger partial charge >= 0.3 is 18.0 Å². The fourth-order valence-corrected chi connectivity index (χ4v) is 17.6. The molecule has 1 aromatic heterocycles. The van der Waals surface area contributed by atoms with E-state index in [0.29, 0.717) is 0 Å². The zero-order valence-electron chi connectivity index (χ0n) is 76.0. The van der Waals surface area contributed by atoms with Crippen molar-refractivity contribution in [2.24, 2.45) is 17.4 Å². The Hall–Kier alpha value is -12.4. The number of nitrogens with one attached hydrogen (secondary N) is 10. The van der Waals surface area contributed by atoms with Crippen LogP contribution in [0.1, 0.15) is 128 Å². The third-order valence-electron chi connectivity index (χ3n) is 24.2. The molecule has 0 aliphatic carbocycles. The molecule has 0 radical (unpaired) electrons. The molecule has 3 saturated heterocycles. The minimum absolute atomic E-state index is 0. The van der Waals surface area contributed by atoms with Crippen LogP contribution in [-0.2, 0) is 85.2 Å². The third-order valence-corrected chi connectivity index (χ3v) is 25.5. The predicted molar refractivity (Wildman–Crippen MR) is 492 cm³/mol. The van der Waals surface area contributed by atoms with Gasteiger partial charge in [-0.1, -0.05) is 62.7 Å². The highest BCUT2D eigenvalue weighted by molar-refractivity contribution is 7.85. The molecule has 27 N–H and O–H groups in total. The van der Waals surface area contributed by atoms with E-state index in [4.69, 9.17) is 72.6 Å². The Balaban J connectivity index is 0.0000185. The van der Waals surface area contributed by atoms with Gasteiger partial charge in [0.2, 0.25) is 53.4 Å². The van der Waals surface area contributed by atoms with Gasteiger partial charge in [-0.3, -0.25) is 47.5 Å². The largest absolute Gasteiger partial charge is 0.573 e. The molecule has 782 valence electrons. The lowest BCUT2D eigenvalue weighted by Gasteiger charge is -2.46. The molecule has 6 aromatic carbocycles. The Bertz CT molecular complexity index is 6140. The number of aromatic hydroxyl groups is 3. The first-order valence-electron chi connectivity index (χ1n) is 44.1. The first-order chi connectivity index (χ1) is 67.4. The Kier molecular flexibility index (Phi) is 35.2. The SMILES string of the molecule is C.CN[C@H](CC(C)C)C(=O)NC1C(=O)N[C@@H](CC(N)=O)C(=O)N[C@H]2C(=O)N[C@H]3C(=O)N[C@H](C(=O)N[C@@H](C(=O)O)c4cc(O)c(CNCCS(=O)(=O)O)c(O)c4-c4cc3ccc4O)[C@H](OC3C[C@](C)(N)[C@@H](O)[C@H](C)O3)c3ccc(c(Cl)c3)Oc3cc2cc(c3O[C@@H]2O[C@H](CO)[C@@H](O[C@@H]3O[C@H](CNCCn4ccc(NC(=O)c5ccc(OC(F)(F)F)cc5)nc4=O)[C@H](O)[C@H](O)[C@H]3O)[C@H](O)[C@H]2O)Oc2ccc(cc2Cl)[C@H]1O. The Morgan fingerprint density at radius 3 is 1.94 bits per heavy atom. The number of carbonyl (C=O) groups excluding carboxylic acids is 8. The number of aliphatic hydroxyl groups is 8. The van der Waals surface area contributed by atoms with Gasteiger partial charge in [-0.15, -0.1) is 13.2 Å². The van der Waals surface area contributed by atoms with Crippen molar-refractivity contribution in [2.75, 3.05) is 44.4 Å². The van der Waals surface area contributed by atoms with Gasteiger partial charge in [0, 0.05) is 73.1 Å². The molecule has 8 aliphatic rings. The molecule has 8 amide bonds. The van der Waals surface area contributed by atoms with Crippen LogP contribution in [0.2, 0.25) is 10.0 Å². The minimum Gasteiger partial charge on any atom is -0.507 e. The Morgan fingerprint density at radius 1 is 0.701 bits per heavy atom. The number of halogens is 5. The van der Waals surface area contributed by atoms with E-state index in [-0.39, 0.29) is 55.4 Å². The number of hydrogen-bond donors (Lipinski definition) is 25. The summed E-state index contributed by atoms with van der Waals surface area (Å²) in [5.41, 5.74) is 5.51. The molecule has 2 unspecified atom stereocenters. The van der Waals surface area contributed by atoms with Gasteiger partial charge in [-0.05, 0) is 140 Å². The van der Waals surface area contributed by atoms with Crippen LogP contribution in [-0.4, -0.2) is 292 Å². The summed E-state index contributed by atoms with van der Waals surface area (Å²) < 4.78 is 127. The molecule has 8 aliphatic heterocycles. The maximum absolute atomic E-state index is 16.6. The number of aliphatic carboxylic acids is 1. The number of phenols is 3. The normalized spacial score (nSPS) is 27.5. The fourth-order valence-electron chi connectivity index (χ4n) is 16.8. The molecule has 7 aromatic rings. The van der Waals surface area contributed by atoms with Crippen molar-refractivity contribution in [2.45, 2.75) is 214 Å². The quantitative estimate of drug-likeness (QED) is 0.0218. The lowest BCUT2D eigenvalue weighted by molar-refractivity contribution is -0.350. The van der Waals surface area contributed by atoms with E-state index in [1.54, 1.807) is 13.8 Å². The van der Waals surface area contributed by atoms with Crippen LogP contribution < -0.4 is 89.3 Å². The number of carboxylic acid groups (broad SMARTS) is 1. The molecule has 3 fully saturated rings. The molecule has 15 rings (SSSR count). The molecular weight excluding hydrogens is 1980 g/mol. The van der Waals surface area contributed by atoms with Crippen LogP contribution in [0.25, 0.3) is 11.1 Å². The molecular formula is C90H107Cl2F3N14O34S. The highest BCUT2D eigenvalue weighted by atomic mass is 35.5. The van der Waals surface area contributed by atoms with Crippen molar-refractivity contribution in [3.8, 4) is 62.9 Å². The molecule has 9 heterocycles. The van der Waals surface area contributed by atoms with E-state index in [0.717, 1.165) is 102 Å². The van der Waals surface area contributed by atoms with Crippen molar-refractivity contribution in [3.05, 3.63) is 169 Å². The van der Waals surface area contributed by atoms with E-state index in [1.165, 1.54) is 33.2 Å². The molecule has 11 bridgehead atoms. The number of nitrogens with zero attached hydrogens (tertiary/aromatic N) is 2. The van der Waals surface area contributed by atoms with Crippen molar-refractivity contribution >= 4 is 92.4 Å². The molecule has 0 saturated carbocycles. The molecule has 23 atom stereocenters. The number of aromatic nitrogens is 2. The summed E-state index contributed by atoms with van der Waals surface area (Å²) in [4.78, 5) is 151. The van der Waals surface area contributed by atoms with Crippen LogP contribution in [0.3, 0.4) is 0 Å². The number of rotatable bonds is 28. The second kappa shape index (κ2) is 45.9. The van der Waals surface area contributed by atoms with Gasteiger partial charge in [0.05, 0.1) is 52.6 Å². The number of nitrogens with two attached hydrogens (primary N) is 2. The second-order valence-electron chi connectivity index (χ2n) is 35.1. The average Bonchev–Trinajstić information content (AvgIpc) is 0.753. The van der Waals surface area contributed by atoms with Gasteiger partial charge in [-0.2, -0.15) is 13.4 Å². The van der Waals surface area contributed by atoms with Crippen LogP contribution in [0.4, 0.5) is 19.0 Å². The van der Waals surface area contributed by atoms with Gasteiger partial charge in [0.25, 0.3) is 16.0 Å². The predicted octanol–water partition coefficient (Wildman–Crippen LogP) is -0.451. The number of anilines is 1. The summed E-state index contributed by atoms with van der Waals surface area (Å²) in [5.74, 6) is -21.0. The first kappa shape index (κ1) is 110. The van der Waals surface area contributed by atoms with Crippen molar-refractivity contribution < 1.29 is 173 Å². The highest BCUT2D eigenvalue weighted by Gasteiger charge is 2.54. The van der Waals surface area contributed by atoms with Crippen LogP contribution in [0.15, 0.2) is 114 Å². The maximum atomic E-state index is 16.6. The first-order valence-corrected chi connectivity index (χ1v) is 46.5. The number of fused-ring (bicyclic) bond motifs is 15. The molecule has 54 heteroatoms. The number of primary amides is 1. The summed E-state index contributed by atoms with van der Waals surface area (Å²) in [7, 11) is -3.23. The maximum Gasteiger partial charge on any atom is 0.573 e. The van der Waals surface area contributed by atoms with Crippen molar-refractivity contribution in [3.63, 3.8) is 0 Å². The number of ether oxygens (including phenoxy) is 9. The van der Waals surface area contributed by atoms with Crippen LogP contribution in [0.5, 0.6) is 51.7 Å². The fraction of sp³-hybridized carbons (Fsp3) is 0.456. The summed E-state index contributed by atoms with van der Waals surface area (Å²) in [6.07, 6.45) is -35.0. The minimum atomic E-state index is -5.00. The third kappa shape index (κ3) is 25.7. The monoisotopic (exact) mass is 2090 g/mol. The molecule has 0 spiro atoms. The van der Waals surface area contributed by atoms with Crippen molar-refractivity contribution in [1.82, 2.24) is 57.4 Å². The lowest BCUT2D eigenvalue weighted by atomic mass is 9.86. The standard InChI is InChI=1S/C89H103Cl2F3N14O34S.CH4/c1-34(2)22-47(97-5)78(122)106-64-66(113)38-9-14-51(45(90)24-38)135-53-26-40-27-54(74(53)140-86-72(119)70(117)75(56(33-109)138-86)141-85-71(118)69(116)68(115)55(137-85)32-98-17-20-108-19-16-58(102-87(108)130)101-77(121)36-6-11-41(12-7-36)142-89(92,93)94)136-52-15-10-39(25-46(52)91)73(139-59-30-88(4,96)76(120)35(3)134-59)65-83(127)105-63(84(128)129)43-28-50(111)44(31-99-18-21-143(131,132)133)67(114)60(43)42-23-37(8-13-49(42)110)61(80(124)107-65)104-81(125)62(40)103-79(123)48(29-57(95)112)100-82(64)126;/h6-16,19,23-28,34-35,47-48,55-56,59,61-66,68-73,75-76,85-86,97-99,109-111,113-120H,17-18,20-22,29-33,96H2,1-5H3,(H2,95,112)(H,100,126)(H,103,123)(H,104,125)(H,105,127)(H,106,122)(H,107,124)(H,128,129)(H,131,132,133)(H,101,102,121,130);1H4/t35-,47+,48-,55+,56+,59?,61+,62+,63+,64?,65-,66+,68-,69-,70+,71+,72+,73+,75+,76-,85-,86-,88-;/m0./s1. The number of aliphatic hydroxyl groups excluding tert-OH is 8. The summed E-state index contributed by atoms with van der Waals surface area (Å²) in [6.45, 7) is 3.19. The molecule has 144 heavy (non-hydrogen) atoms. The van der Waals surface area contributed by atoms with Gasteiger partial charge in [-0.25, -0.2) is 9.59 Å². The topological polar surface area (TPSA) is 741 Å². The van der Waals surface area contributed by atoms with Gasteiger partial charge < -0.3 is 169 Å². The molecule has 48 nitrogen and oxygen atoms in total. The second-order valence-corrected chi connectivity index (χ2v) is 37.5. The summed E-state index contributed by atoms with van der Waals surface area (Å²) in [6, 6.07) is 1.63. The van der Waals surface area contributed by atoms with Crippen LogP contribution >= 0.6 is 23.2 Å². The van der Waals surface area contributed by atoms with Crippen molar-refractivity contribution in [1.29, 1.82) is 0 Å².